The van der Waals surface area contributed by atoms with E-state index in [2.05, 4.69) is 35.7 Å². The van der Waals surface area contributed by atoms with Gasteiger partial charge in [0.1, 0.15) is 17.5 Å². The molecule has 2 N–H and O–H groups in total. The number of hydrogen-bond acceptors (Lipinski definition) is 5. The van der Waals surface area contributed by atoms with E-state index in [1.54, 1.807) is 0 Å². The van der Waals surface area contributed by atoms with Crippen LogP contribution in [0, 0.1) is 6.92 Å². The van der Waals surface area contributed by atoms with E-state index in [-0.39, 0.29) is 5.54 Å². The minimum Gasteiger partial charge on any atom is -0.383 e. The van der Waals surface area contributed by atoms with E-state index in [0.717, 1.165) is 36.8 Å². The van der Waals surface area contributed by atoms with Crippen LogP contribution in [-0.4, -0.2) is 47.1 Å². The molecule has 20 heavy (non-hydrogen) atoms. The normalized spacial score (nSPS) is 23.1. The molecule has 2 fully saturated rings. The van der Waals surface area contributed by atoms with Crippen LogP contribution in [0.25, 0.3) is 0 Å². The van der Waals surface area contributed by atoms with Crippen LogP contribution in [0.2, 0.25) is 0 Å². The third kappa shape index (κ3) is 2.35. The monoisotopic (exact) mass is 275 g/mol. The highest BCUT2D eigenvalue weighted by atomic mass is 15.3. The number of piperazine rings is 1. The summed E-state index contributed by atoms with van der Waals surface area (Å²) in [7, 11) is 2.19. The molecule has 5 heteroatoms. The van der Waals surface area contributed by atoms with Crippen molar-refractivity contribution < 1.29 is 0 Å². The topological polar surface area (TPSA) is 58.3 Å². The summed E-state index contributed by atoms with van der Waals surface area (Å²) in [5.41, 5.74) is 7.28. The molecule has 5 nitrogen and oxygen atoms in total. The summed E-state index contributed by atoms with van der Waals surface area (Å²) in [4.78, 5) is 14.1. The van der Waals surface area contributed by atoms with E-state index in [9.17, 15) is 0 Å². The van der Waals surface area contributed by atoms with Gasteiger partial charge in [-0.2, -0.15) is 0 Å². The summed E-state index contributed by atoms with van der Waals surface area (Å²) in [6.45, 7) is 9.62. The minimum atomic E-state index is 0.157. The lowest BCUT2D eigenvalue weighted by atomic mass is 9.99. The standard InChI is InChI=1S/C15H25N5/c1-10-12(16)17-13(11-5-6-11)18-14(10)20-8-7-19(4)15(2,3)9-20/h11H,5-9H2,1-4H3,(H2,16,17,18). The highest BCUT2D eigenvalue weighted by Gasteiger charge is 2.34. The molecule has 0 spiro atoms. The van der Waals surface area contributed by atoms with Gasteiger partial charge in [0.15, 0.2) is 0 Å². The van der Waals surface area contributed by atoms with Gasteiger partial charge in [0, 0.05) is 36.7 Å². The van der Waals surface area contributed by atoms with Crippen LogP contribution in [0.3, 0.4) is 0 Å². The van der Waals surface area contributed by atoms with Crippen molar-refractivity contribution in [1.82, 2.24) is 14.9 Å². The minimum absolute atomic E-state index is 0.157. The zero-order chi connectivity index (χ0) is 14.5. The lowest BCUT2D eigenvalue weighted by Crippen LogP contribution is -2.58. The predicted molar refractivity (Wildman–Crippen MR) is 82.1 cm³/mol. The van der Waals surface area contributed by atoms with Crippen LogP contribution in [-0.2, 0) is 0 Å². The molecule has 1 aromatic rings. The zero-order valence-corrected chi connectivity index (χ0v) is 13.0. The number of anilines is 2. The second-order valence-corrected chi connectivity index (χ2v) is 6.85. The lowest BCUT2D eigenvalue weighted by molar-refractivity contribution is 0.138. The quantitative estimate of drug-likeness (QED) is 0.891. The fraction of sp³-hybridized carbons (Fsp3) is 0.733. The molecule has 1 aliphatic carbocycles. The summed E-state index contributed by atoms with van der Waals surface area (Å²) in [6.07, 6.45) is 2.41. The van der Waals surface area contributed by atoms with Crippen LogP contribution in [0.4, 0.5) is 11.6 Å². The number of nitrogen functional groups attached to an aromatic ring is 1. The molecular formula is C15H25N5. The third-order valence-corrected chi connectivity index (χ3v) is 4.73. The van der Waals surface area contributed by atoms with E-state index in [4.69, 9.17) is 10.7 Å². The second kappa shape index (κ2) is 4.58. The van der Waals surface area contributed by atoms with Gasteiger partial charge < -0.3 is 10.6 Å². The first-order valence-electron chi connectivity index (χ1n) is 7.48. The van der Waals surface area contributed by atoms with E-state index in [1.165, 1.54) is 12.8 Å². The van der Waals surface area contributed by atoms with Crippen LogP contribution in [0.1, 0.15) is 44.0 Å². The molecule has 3 rings (SSSR count). The van der Waals surface area contributed by atoms with Gasteiger partial charge in [-0.05, 0) is 40.7 Å². The number of hydrogen-bond donors (Lipinski definition) is 1. The molecule has 0 atom stereocenters. The van der Waals surface area contributed by atoms with Gasteiger partial charge in [-0.25, -0.2) is 9.97 Å². The van der Waals surface area contributed by atoms with Crippen LogP contribution >= 0.6 is 0 Å². The average molecular weight is 275 g/mol. The largest absolute Gasteiger partial charge is 0.383 e. The summed E-state index contributed by atoms with van der Waals surface area (Å²) >= 11 is 0. The van der Waals surface area contributed by atoms with Gasteiger partial charge in [0.25, 0.3) is 0 Å². The van der Waals surface area contributed by atoms with Crippen molar-refractivity contribution in [2.45, 2.75) is 45.1 Å². The molecule has 2 aliphatic rings. The summed E-state index contributed by atoms with van der Waals surface area (Å²) in [6, 6.07) is 0. The Hall–Kier alpha value is -1.36. The Kier molecular flexibility index (Phi) is 3.12. The molecule has 1 saturated heterocycles. The van der Waals surface area contributed by atoms with E-state index < -0.39 is 0 Å². The Morgan fingerprint density at radius 2 is 1.90 bits per heavy atom. The van der Waals surface area contributed by atoms with Gasteiger partial charge in [-0.1, -0.05) is 0 Å². The first kappa shape index (κ1) is 13.6. The first-order chi connectivity index (χ1) is 9.38. The summed E-state index contributed by atoms with van der Waals surface area (Å²) < 4.78 is 0. The fourth-order valence-corrected chi connectivity index (χ4v) is 2.79. The van der Waals surface area contributed by atoms with Crippen molar-refractivity contribution in [3.05, 3.63) is 11.4 Å². The highest BCUT2D eigenvalue weighted by molar-refractivity contribution is 5.57. The van der Waals surface area contributed by atoms with Gasteiger partial charge >= 0.3 is 0 Å². The Labute approximate surface area is 121 Å². The lowest BCUT2D eigenvalue weighted by Gasteiger charge is -2.46. The molecule has 1 aliphatic heterocycles. The van der Waals surface area contributed by atoms with Gasteiger partial charge in [-0.3, -0.25) is 4.90 Å². The second-order valence-electron chi connectivity index (χ2n) is 6.85. The van der Waals surface area contributed by atoms with Crippen LogP contribution in [0.15, 0.2) is 0 Å². The molecule has 0 aromatic carbocycles. The van der Waals surface area contributed by atoms with E-state index >= 15 is 0 Å². The Morgan fingerprint density at radius 1 is 1.20 bits per heavy atom. The van der Waals surface area contributed by atoms with E-state index in [1.807, 2.05) is 6.92 Å². The van der Waals surface area contributed by atoms with Crippen molar-refractivity contribution in [3.63, 3.8) is 0 Å². The van der Waals surface area contributed by atoms with Crippen LogP contribution < -0.4 is 10.6 Å². The zero-order valence-electron chi connectivity index (χ0n) is 13.0. The number of rotatable bonds is 2. The number of likely N-dealkylation sites (N-methyl/N-ethyl adjacent to an activating group) is 1. The molecule has 0 unspecified atom stereocenters. The third-order valence-electron chi connectivity index (χ3n) is 4.73. The van der Waals surface area contributed by atoms with Crippen LogP contribution in [0.5, 0.6) is 0 Å². The molecule has 0 amide bonds. The maximum Gasteiger partial charge on any atom is 0.137 e. The molecule has 0 radical (unpaired) electrons. The average Bonchev–Trinajstić information content (AvgIpc) is 3.20. The summed E-state index contributed by atoms with van der Waals surface area (Å²) in [5.74, 6) is 3.17. The van der Waals surface area contributed by atoms with Crippen molar-refractivity contribution in [2.24, 2.45) is 0 Å². The Bertz CT molecular complexity index is 521. The fourth-order valence-electron chi connectivity index (χ4n) is 2.79. The molecular weight excluding hydrogens is 250 g/mol. The van der Waals surface area contributed by atoms with Gasteiger partial charge in [0.05, 0.1) is 0 Å². The Morgan fingerprint density at radius 3 is 2.50 bits per heavy atom. The van der Waals surface area contributed by atoms with Crippen molar-refractivity contribution in [3.8, 4) is 0 Å². The van der Waals surface area contributed by atoms with Crippen molar-refractivity contribution in [1.29, 1.82) is 0 Å². The maximum absolute atomic E-state index is 6.10. The maximum atomic E-state index is 6.10. The van der Waals surface area contributed by atoms with Gasteiger partial charge in [-0.15, -0.1) is 0 Å². The van der Waals surface area contributed by atoms with E-state index in [0.29, 0.717) is 11.7 Å². The Balaban J connectivity index is 1.93. The number of aromatic nitrogens is 2. The molecule has 2 heterocycles. The molecule has 1 saturated carbocycles. The first-order valence-corrected chi connectivity index (χ1v) is 7.48. The predicted octanol–water partition coefficient (Wildman–Crippen LogP) is 1.78. The van der Waals surface area contributed by atoms with Gasteiger partial charge in [0.2, 0.25) is 0 Å². The molecule has 1 aromatic heterocycles. The SMILES string of the molecule is Cc1c(N)nc(C2CC2)nc1N1CCN(C)C(C)(C)C1. The summed E-state index contributed by atoms with van der Waals surface area (Å²) in [5, 5.41) is 0. The van der Waals surface area contributed by atoms with Crippen molar-refractivity contribution in [2.75, 3.05) is 37.3 Å². The highest BCUT2D eigenvalue weighted by Crippen LogP contribution is 2.40. The van der Waals surface area contributed by atoms with Crippen molar-refractivity contribution >= 4 is 11.6 Å². The smallest absolute Gasteiger partial charge is 0.137 e. The molecule has 110 valence electrons. The molecule has 0 bridgehead atoms. The number of nitrogens with zero attached hydrogens (tertiary/aromatic N) is 4. The number of nitrogens with two attached hydrogens (primary N) is 1.